The number of halogens is 1. The Kier molecular flexibility index (Phi) is 9.38. The van der Waals surface area contributed by atoms with E-state index < -0.39 is 5.91 Å². The molecule has 1 heterocycles. The Bertz CT molecular complexity index is 438. The molecule has 1 aromatic rings. The summed E-state index contributed by atoms with van der Waals surface area (Å²) in [5.74, 6) is -0.814. The van der Waals surface area contributed by atoms with Gasteiger partial charge in [0.25, 0.3) is 5.91 Å². The lowest BCUT2D eigenvalue weighted by Crippen LogP contribution is -3.00. The highest BCUT2D eigenvalue weighted by molar-refractivity contribution is 5.92. The van der Waals surface area contributed by atoms with E-state index in [-0.39, 0.29) is 24.9 Å². The molecule has 112 valence electrons. The second-order valence-electron chi connectivity index (χ2n) is 4.41. The Hall–Kier alpha value is -1.62. The first-order chi connectivity index (χ1) is 9.13. The quantitative estimate of drug-likeness (QED) is 0.350. The van der Waals surface area contributed by atoms with Crippen LogP contribution in [0.4, 0.5) is 0 Å². The van der Waals surface area contributed by atoms with Crippen LogP contribution in [-0.4, -0.2) is 18.5 Å². The van der Waals surface area contributed by atoms with Crippen LogP contribution in [0, 0.1) is 0 Å². The van der Waals surface area contributed by atoms with Crippen molar-refractivity contribution >= 4 is 11.9 Å². The monoisotopic (exact) mass is 300 g/mol. The molecular formula is C14H21ClN2O3. The van der Waals surface area contributed by atoms with Crippen LogP contribution in [0.15, 0.2) is 24.5 Å². The first kappa shape index (κ1) is 18.4. The minimum absolute atomic E-state index is 0. The van der Waals surface area contributed by atoms with Gasteiger partial charge in [-0.2, -0.15) is 4.57 Å². The minimum Gasteiger partial charge on any atom is -1.00 e. The molecule has 20 heavy (non-hydrogen) atoms. The van der Waals surface area contributed by atoms with Crippen molar-refractivity contribution in [3.63, 3.8) is 0 Å². The maximum absolute atomic E-state index is 11.6. The van der Waals surface area contributed by atoms with Gasteiger partial charge in [0, 0.05) is 6.07 Å². The zero-order chi connectivity index (χ0) is 14.1. The first-order valence-corrected chi connectivity index (χ1v) is 6.58. The molecule has 0 radical (unpaired) electrons. The van der Waals surface area contributed by atoms with Gasteiger partial charge in [-0.1, -0.05) is 26.2 Å². The lowest BCUT2D eigenvalue weighted by Gasteiger charge is -2.02. The molecule has 0 spiro atoms. The molecule has 0 aromatic carbocycles. The van der Waals surface area contributed by atoms with Gasteiger partial charge in [-0.15, -0.1) is 0 Å². The number of amides is 1. The number of nitrogens with two attached hydrogens (primary N) is 1. The maximum Gasteiger partial charge on any atom is 0.372 e. The van der Waals surface area contributed by atoms with Gasteiger partial charge in [0.15, 0.2) is 12.4 Å². The van der Waals surface area contributed by atoms with E-state index >= 15 is 0 Å². The molecule has 1 rings (SSSR count). The van der Waals surface area contributed by atoms with Gasteiger partial charge in [-0.05, 0) is 12.5 Å². The fraction of sp³-hybridized carbons (Fsp3) is 0.500. The number of ether oxygens (including phenoxy) is 1. The van der Waals surface area contributed by atoms with E-state index in [2.05, 4.69) is 6.92 Å². The van der Waals surface area contributed by atoms with Gasteiger partial charge >= 0.3 is 5.97 Å². The molecule has 0 aliphatic heterocycles. The third kappa shape index (κ3) is 7.09. The van der Waals surface area contributed by atoms with Crippen LogP contribution in [0.5, 0.6) is 0 Å². The summed E-state index contributed by atoms with van der Waals surface area (Å²) >= 11 is 0. The number of carbonyl (C=O) groups is 2. The van der Waals surface area contributed by atoms with Crippen LogP contribution in [0.25, 0.3) is 0 Å². The number of pyridine rings is 1. The molecule has 0 unspecified atom stereocenters. The molecular weight excluding hydrogens is 280 g/mol. The van der Waals surface area contributed by atoms with Crippen molar-refractivity contribution in [2.75, 3.05) is 6.61 Å². The summed E-state index contributed by atoms with van der Waals surface area (Å²) < 4.78 is 6.71. The molecule has 0 aliphatic rings. The van der Waals surface area contributed by atoms with Gasteiger partial charge in [0.1, 0.15) is 5.56 Å². The first-order valence-electron chi connectivity index (χ1n) is 6.58. The van der Waals surface area contributed by atoms with Crippen molar-refractivity contribution in [3.05, 3.63) is 30.1 Å². The van der Waals surface area contributed by atoms with E-state index in [4.69, 9.17) is 10.5 Å². The van der Waals surface area contributed by atoms with E-state index in [9.17, 15) is 9.59 Å². The third-order valence-corrected chi connectivity index (χ3v) is 2.72. The Morgan fingerprint density at radius 3 is 2.70 bits per heavy atom. The van der Waals surface area contributed by atoms with E-state index in [1.165, 1.54) is 0 Å². The summed E-state index contributed by atoms with van der Waals surface area (Å²) in [7, 11) is 0. The number of unbranched alkanes of at least 4 members (excludes halogenated alkanes) is 3. The standard InChI is InChI=1S/C14H20N2O3.ClH/c1-2-3-4-5-9-19-13(17)11-16-8-6-7-12(10-16)14(15)18;/h6-8,10H,2-5,9,11H2,1H3,(H-,15,18);1H. The second kappa shape index (κ2) is 10.2. The number of rotatable bonds is 8. The van der Waals surface area contributed by atoms with Gasteiger partial charge in [-0.25, -0.2) is 4.79 Å². The summed E-state index contributed by atoms with van der Waals surface area (Å²) in [6.07, 6.45) is 7.53. The number of carbonyl (C=O) groups excluding carboxylic acids is 2. The fourth-order valence-electron chi connectivity index (χ4n) is 1.68. The Labute approximate surface area is 125 Å². The molecule has 0 aliphatic carbocycles. The largest absolute Gasteiger partial charge is 1.00 e. The Morgan fingerprint density at radius 2 is 2.05 bits per heavy atom. The minimum atomic E-state index is -0.512. The van der Waals surface area contributed by atoms with Gasteiger partial charge < -0.3 is 22.9 Å². The highest BCUT2D eigenvalue weighted by atomic mass is 35.5. The smallest absolute Gasteiger partial charge is 0.372 e. The molecule has 5 nitrogen and oxygen atoms in total. The summed E-state index contributed by atoms with van der Waals surface area (Å²) in [6, 6.07) is 3.28. The predicted molar refractivity (Wildman–Crippen MR) is 70.3 cm³/mol. The zero-order valence-corrected chi connectivity index (χ0v) is 12.4. The molecule has 0 atom stereocenters. The van der Waals surface area contributed by atoms with E-state index in [0.717, 1.165) is 25.7 Å². The molecule has 0 saturated carbocycles. The van der Waals surface area contributed by atoms with Crippen molar-refractivity contribution in [1.82, 2.24) is 0 Å². The van der Waals surface area contributed by atoms with Gasteiger partial charge in [-0.3, -0.25) is 4.79 Å². The normalized spacial score (nSPS) is 9.65. The SMILES string of the molecule is CCCCCCOC(=O)C[n+]1cccc(C(N)=O)c1.[Cl-]. The van der Waals surface area contributed by atoms with E-state index in [1.54, 1.807) is 29.1 Å². The number of primary amides is 1. The molecule has 1 amide bonds. The predicted octanol–water partition coefficient (Wildman–Crippen LogP) is -1.80. The lowest BCUT2D eigenvalue weighted by atomic mass is 10.2. The van der Waals surface area contributed by atoms with Crippen LogP contribution < -0.4 is 22.7 Å². The third-order valence-electron chi connectivity index (χ3n) is 2.72. The van der Waals surface area contributed by atoms with E-state index in [0.29, 0.717) is 12.2 Å². The van der Waals surface area contributed by atoms with Crippen LogP contribution in [-0.2, 0) is 16.1 Å². The zero-order valence-electron chi connectivity index (χ0n) is 11.7. The highest BCUT2D eigenvalue weighted by Crippen LogP contribution is 1.99. The molecule has 0 bridgehead atoms. The Morgan fingerprint density at radius 1 is 1.30 bits per heavy atom. The topological polar surface area (TPSA) is 73.3 Å². The Balaban J connectivity index is 0.00000361. The van der Waals surface area contributed by atoms with Gasteiger partial charge in [0.05, 0.1) is 6.61 Å². The number of hydrogen-bond acceptors (Lipinski definition) is 3. The summed E-state index contributed by atoms with van der Waals surface area (Å²) in [5.41, 5.74) is 5.55. The van der Waals surface area contributed by atoms with Crippen LogP contribution >= 0.6 is 0 Å². The maximum atomic E-state index is 11.6. The lowest BCUT2D eigenvalue weighted by molar-refractivity contribution is -0.686. The number of nitrogens with zero attached hydrogens (tertiary/aromatic N) is 1. The molecule has 0 fully saturated rings. The van der Waals surface area contributed by atoms with Crippen LogP contribution in [0.1, 0.15) is 43.0 Å². The average Bonchev–Trinajstić information content (AvgIpc) is 2.38. The number of aromatic nitrogens is 1. The number of esters is 1. The molecule has 1 aromatic heterocycles. The summed E-state index contributed by atoms with van der Waals surface area (Å²) in [4.78, 5) is 22.6. The van der Waals surface area contributed by atoms with Crippen molar-refractivity contribution in [2.24, 2.45) is 5.73 Å². The van der Waals surface area contributed by atoms with Gasteiger partial charge in [0.2, 0.25) is 6.54 Å². The van der Waals surface area contributed by atoms with Crippen molar-refractivity contribution in [1.29, 1.82) is 0 Å². The van der Waals surface area contributed by atoms with Crippen molar-refractivity contribution < 1.29 is 31.3 Å². The summed E-state index contributed by atoms with van der Waals surface area (Å²) in [6.45, 7) is 2.68. The van der Waals surface area contributed by atoms with Crippen LogP contribution in [0.2, 0.25) is 0 Å². The molecule has 2 N–H and O–H groups in total. The molecule has 0 saturated heterocycles. The van der Waals surface area contributed by atoms with Crippen molar-refractivity contribution in [2.45, 2.75) is 39.2 Å². The number of hydrogen-bond donors (Lipinski definition) is 1. The molecule has 6 heteroatoms. The summed E-state index contributed by atoms with van der Waals surface area (Å²) in [5, 5.41) is 0. The van der Waals surface area contributed by atoms with E-state index in [1.807, 2.05) is 0 Å². The highest BCUT2D eigenvalue weighted by Gasteiger charge is 2.12. The fourth-order valence-corrected chi connectivity index (χ4v) is 1.68. The second-order valence-corrected chi connectivity index (χ2v) is 4.41. The average molecular weight is 301 g/mol. The van der Waals surface area contributed by atoms with Crippen LogP contribution in [0.3, 0.4) is 0 Å². The van der Waals surface area contributed by atoms with Crippen molar-refractivity contribution in [3.8, 4) is 0 Å².